The molecule has 18 heavy (non-hydrogen) atoms. The molecule has 0 saturated carbocycles. The summed E-state index contributed by atoms with van der Waals surface area (Å²) in [6.45, 7) is 2.51. The molecule has 3 N–H and O–H groups in total. The maximum Gasteiger partial charge on any atom is 0.218 e. The molecule has 5 heteroatoms. The Kier molecular flexibility index (Phi) is 3.62. The smallest absolute Gasteiger partial charge is 0.218 e. The Hall–Kier alpha value is -2.30. The lowest BCUT2D eigenvalue weighted by molar-refractivity contribution is 0.396. The van der Waals surface area contributed by atoms with Crippen LogP contribution in [0.25, 0.3) is 0 Å². The van der Waals surface area contributed by atoms with Gasteiger partial charge in [-0.3, -0.25) is 0 Å². The zero-order valence-electron chi connectivity index (χ0n) is 10.5. The van der Waals surface area contributed by atoms with Crippen LogP contribution in [0.5, 0.6) is 5.88 Å². The summed E-state index contributed by atoms with van der Waals surface area (Å²) in [5.41, 5.74) is 7.53. The number of rotatable bonds is 4. The average Bonchev–Trinajstić information content (AvgIpc) is 2.37. The summed E-state index contributed by atoms with van der Waals surface area (Å²) in [5.74, 6) is 1.98. The highest BCUT2D eigenvalue weighted by atomic mass is 16.5. The maximum atomic E-state index is 5.63. The normalized spacial score (nSPS) is 10.1. The molecular weight excluding hydrogens is 228 g/mol. The van der Waals surface area contributed by atoms with Gasteiger partial charge < -0.3 is 15.8 Å². The van der Waals surface area contributed by atoms with Crippen molar-refractivity contribution >= 4 is 11.5 Å². The van der Waals surface area contributed by atoms with Gasteiger partial charge in [0.1, 0.15) is 11.6 Å². The third-order valence-corrected chi connectivity index (χ3v) is 2.48. The quantitative estimate of drug-likeness (QED) is 0.805. The van der Waals surface area contributed by atoms with Crippen molar-refractivity contribution < 1.29 is 4.74 Å². The molecule has 0 fully saturated rings. The van der Waals surface area contributed by atoms with Gasteiger partial charge in [-0.25, -0.2) is 4.98 Å². The van der Waals surface area contributed by atoms with Crippen molar-refractivity contribution in [2.45, 2.75) is 13.5 Å². The van der Waals surface area contributed by atoms with Crippen molar-refractivity contribution in [1.82, 2.24) is 9.97 Å². The van der Waals surface area contributed by atoms with Crippen LogP contribution >= 0.6 is 0 Å². The van der Waals surface area contributed by atoms with E-state index in [4.69, 9.17) is 10.5 Å². The first-order chi connectivity index (χ1) is 8.67. The molecule has 0 aliphatic carbocycles. The second-order valence-electron chi connectivity index (χ2n) is 3.94. The Morgan fingerprint density at radius 1 is 1.22 bits per heavy atom. The van der Waals surface area contributed by atoms with Crippen molar-refractivity contribution in [1.29, 1.82) is 0 Å². The fourth-order valence-electron chi connectivity index (χ4n) is 1.56. The zero-order chi connectivity index (χ0) is 13.0. The van der Waals surface area contributed by atoms with E-state index in [0.717, 1.165) is 17.1 Å². The highest BCUT2D eigenvalue weighted by Gasteiger charge is 2.01. The molecule has 1 aromatic carbocycles. The monoisotopic (exact) mass is 244 g/mol. The number of aryl methyl sites for hydroxylation is 1. The minimum absolute atomic E-state index is 0.558. The van der Waals surface area contributed by atoms with Gasteiger partial charge in [0.15, 0.2) is 0 Å². The molecule has 0 bridgehead atoms. The molecule has 1 heterocycles. The Labute approximate surface area is 106 Å². The molecular formula is C13H16N4O. The van der Waals surface area contributed by atoms with Crippen LogP contribution in [-0.4, -0.2) is 17.1 Å². The Bertz CT molecular complexity index is 525. The van der Waals surface area contributed by atoms with E-state index in [9.17, 15) is 0 Å². The van der Waals surface area contributed by atoms with Crippen LogP contribution in [0.2, 0.25) is 0 Å². The van der Waals surface area contributed by atoms with Gasteiger partial charge in [0.2, 0.25) is 5.88 Å². The molecule has 0 aliphatic rings. The molecule has 0 atom stereocenters. The third-order valence-electron chi connectivity index (χ3n) is 2.48. The highest BCUT2D eigenvalue weighted by Crippen LogP contribution is 2.14. The van der Waals surface area contributed by atoms with Gasteiger partial charge in [-0.1, -0.05) is 12.1 Å². The van der Waals surface area contributed by atoms with E-state index in [-0.39, 0.29) is 0 Å². The Morgan fingerprint density at radius 2 is 1.94 bits per heavy atom. The van der Waals surface area contributed by atoms with Crippen molar-refractivity contribution in [3.05, 3.63) is 41.7 Å². The van der Waals surface area contributed by atoms with Gasteiger partial charge in [0.05, 0.1) is 7.11 Å². The van der Waals surface area contributed by atoms with Gasteiger partial charge in [0, 0.05) is 18.3 Å². The minimum atomic E-state index is 0.558. The summed E-state index contributed by atoms with van der Waals surface area (Å²) >= 11 is 0. The van der Waals surface area contributed by atoms with Crippen molar-refractivity contribution in [2.24, 2.45) is 0 Å². The number of hydrogen-bond donors (Lipinski definition) is 2. The highest BCUT2D eigenvalue weighted by molar-refractivity contribution is 5.42. The van der Waals surface area contributed by atoms with Gasteiger partial charge in [-0.05, 0) is 24.6 Å². The van der Waals surface area contributed by atoms with E-state index in [1.54, 1.807) is 13.2 Å². The predicted molar refractivity (Wildman–Crippen MR) is 71.5 cm³/mol. The zero-order valence-corrected chi connectivity index (χ0v) is 10.5. The fraction of sp³-hybridized carbons (Fsp3) is 0.231. The number of aromatic nitrogens is 2. The molecule has 0 radical (unpaired) electrons. The lowest BCUT2D eigenvalue weighted by Gasteiger charge is -2.08. The van der Waals surface area contributed by atoms with Crippen LogP contribution < -0.4 is 15.8 Å². The van der Waals surface area contributed by atoms with Crippen molar-refractivity contribution in [3.63, 3.8) is 0 Å². The SMILES string of the molecule is COc1cc(NCc2ccc(N)cc2)nc(C)n1. The summed E-state index contributed by atoms with van der Waals surface area (Å²) in [7, 11) is 1.59. The van der Waals surface area contributed by atoms with Crippen LogP contribution in [0.3, 0.4) is 0 Å². The summed E-state index contributed by atoms with van der Waals surface area (Å²) in [6, 6.07) is 9.48. The number of nitrogen functional groups attached to an aromatic ring is 1. The number of nitrogens with one attached hydrogen (secondary N) is 1. The minimum Gasteiger partial charge on any atom is -0.481 e. The molecule has 0 aliphatic heterocycles. The second-order valence-corrected chi connectivity index (χ2v) is 3.94. The van der Waals surface area contributed by atoms with E-state index in [2.05, 4.69) is 15.3 Å². The Morgan fingerprint density at radius 3 is 2.61 bits per heavy atom. The van der Waals surface area contributed by atoms with E-state index in [1.807, 2.05) is 31.2 Å². The molecule has 0 amide bonds. The van der Waals surface area contributed by atoms with Crippen LogP contribution in [-0.2, 0) is 6.54 Å². The second kappa shape index (κ2) is 5.35. The van der Waals surface area contributed by atoms with Gasteiger partial charge in [0.25, 0.3) is 0 Å². The number of anilines is 2. The fourth-order valence-corrected chi connectivity index (χ4v) is 1.56. The van der Waals surface area contributed by atoms with Gasteiger partial charge in [-0.2, -0.15) is 4.98 Å². The summed E-state index contributed by atoms with van der Waals surface area (Å²) < 4.78 is 5.10. The van der Waals surface area contributed by atoms with E-state index >= 15 is 0 Å². The maximum absolute atomic E-state index is 5.63. The molecule has 0 spiro atoms. The predicted octanol–water partition coefficient (Wildman–Crippen LogP) is 1.99. The molecule has 0 saturated heterocycles. The number of nitrogens with zero attached hydrogens (tertiary/aromatic N) is 2. The summed E-state index contributed by atoms with van der Waals surface area (Å²) in [4.78, 5) is 8.42. The van der Waals surface area contributed by atoms with Crippen LogP contribution in [0.4, 0.5) is 11.5 Å². The van der Waals surface area contributed by atoms with E-state index in [1.165, 1.54) is 0 Å². The lowest BCUT2D eigenvalue weighted by atomic mass is 10.2. The Balaban J connectivity index is 2.05. The van der Waals surface area contributed by atoms with E-state index in [0.29, 0.717) is 18.2 Å². The number of hydrogen-bond acceptors (Lipinski definition) is 5. The molecule has 2 aromatic rings. The summed E-state index contributed by atoms with van der Waals surface area (Å²) in [6.07, 6.45) is 0. The number of methoxy groups -OCH3 is 1. The number of benzene rings is 1. The van der Waals surface area contributed by atoms with Crippen molar-refractivity contribution in [3.8, 4) is 5.88 Å². The third kappa shape index (κ3) is 3.10. The first-order valence-corrected chi connectivity index (χ1v) is 5.65. The largest absolute Gasteiger partial charge is 0.481 e. The van der Waals surface area contributed by atoms with Gasteiger partial charge in [-0.15, -0.1) is 0 Å². The van der Waals surface area contributed by atoms with E-state index < -0.39 is 0 Å². The molecule has 94 valence electrons. The molecule has 1 aromatic heterocycles. The summed E-state index contributed by atoms with van der Waals surface area (Å²) in [5, 5.41) is 3.22. The lowest BCUT2D eigenvalue weighted by Crippen LogP contribution is -2.04. The molecule has 2 rings (SSSR count). The van der Waals surface area contributed by atoms with Crippen molar-refractivity contribution in [2.75, 3.05) is 18.2 Å². The van der Waals surface area contributed by atoms with Crippen LogP contribution in [0.15, 0.2) is 30.3 Å². The van der Waals surface area contributed by atoms with Crippen LogP contribution in [0, 0.1) is 6.92 Å². The molecule has 0 unspecified atom stereocenters. The number of nitrogens with two attached hydrogens (primary N) is 1. The van der Waals surface area contributed by atoms with Gasteiger partial charge >= 0.3 is 0 Å². The molecule has 5 nitrogen and oxygen atoms in total. The number of ether oxygens (including phenoxy) is 1. The topological polar surface area (TPSA) is 73.1 Å². The standard InChI is InChI=1S/C13H16N4O/c1-9-16-12(7-13(17-9)18-2)15-8-10-3-5-11(14)6-4-10/h3-7H,8,14H2,1-2H3,(H,15,16,17). The first kappa shape index (κ1) is 12.2. The van der Waals surface area contributed by atoms with Crippen LogP contribution in [0.1, 0.15) is 11.4 Å². The average molecular weight is 244 g/mol. The first-order valence-electron chi connectivity index (χ1n) is 5.65.